The molecule has 5 nitrogen and oxygen atoms in total. The van der Waals surface area contributed by atoms with Crippen LogP contribution in [0.1, 0.15) is 9.67 Å². The summed E-state index contributed by atoms with van der Waals surface area (Å²) in [5.41, 5.74) is 0.594. The fraction of sp³-hybridized carbons (Fsp3) is 0.133. The lowest BCUT2D eigenvalue weighted by Crippen LogP contribution is -2.35. The molecule has 0 aliphatic rings. The van der Waals surface area contributed by atoms with Crippen molar-refractivity contribution in [2.45, 2.75) is 0 Å². The highest BCUT2D eigenvalue weighted by Gasteiger charge is 2.18. The molecule has 1 amide bonds. The Hall–Kier alpha value is -2.65. The minimum Gasteiger partial charge on any atom is -0.451 e. The van der Waals surface area contributed by atoms with Crippen molar-refractivity contribution in [2.24, 2.45) is 0 Å². The van der Waals surface area contributed by atoms with E-state index in [2.05, 4.69) is 0 Å². The molecule has 106 valence electrons. The van der Waals surface area contributed by atoms with Crippen molar-refractivity contribution >= 4 is 28.9 Å². The SMILES string of the molecule is N#CCN(C(=O)COC(=O)c1cccs1)c1ccccc1. The average Bonchev–Trinajstić information content (AvgIpc) is 3.05. The molecule has 0 fully saturated rings. The summed E-state index contributed by atoms with van der Waals surface area (Å²) < 4.78 is 4.97. The smallest absolute Gasteiger partial charge is 0.348 e. The van der Waals surface area contributed by atoms with Gasteiger partial charge in [-0.25, -0.2) is 4.79 Å². The number of anilines is 1. The van der Waals surface area contributed by atoms with Crippen LogP contribution >= 0.6 is 11.3 Å². The highest BCUT2D eigenvalue weighted by atomic mass is 32.1. The van der Waals surface area contributed by atoms with Crippen LogP contribution in [0, 0.1) is 11.3 Å². The van der Waals surface area contributed by atoms with Crippen molar-refractivity contribution in [2.75, 3.05) is 18.1 Å². The molecular formula is C15H12N2O3S. The summed E-state index contributed by atoms with van der Waals surface area (Å²) in [6.07, 6.45) is 0. The standard InChI is InChI=1S/C15H12N2O3S/c16-8-9-17(12-5-2-1-3-6-12)14(18)11-20-15(19)13-7-4-10-21-13/h1-7,10H,9,11H2. The largest absolute Gasteiger partial charge is 0.451 e. The molecule has 2 aromatic rings. The number of nitriles is 1. The van der Waals surface area contributed by atoms with Crippen LogP contribution in [-0.2, 0) is 9.53 Å². The van der Waals surface area contributed by atoms with Crippen LogP contribution in [0.3, 0.4) is 0 Å². The third-order valence-corrected chi connectivity index (χ3v) is 3.50. The molecule has 0 spiro atoms. The molecule has 0 unspecified atom stereocenters. The molecule has 1 heterocycles. The van der Waals surface area contributed by atoms with Crippen molar-refractivity contribution in [1.29, 1.82) is 5.26 Å². The molecule has 0 radical (unpaired) electrons. The number of esters is 1. The van der Waals surface area contributed by atoms with Crippen LogP contribution in [0.5, 0.6) is 0 Å². The monoisotopic (exact) mass is 300 g/mol. The molecular weight excluding hydrogens is 288 g/mol. The Morgan fingerprint density at radius 3 is 2.57 bits per heavy atom. The summed E-state index contributed by atoms with van der Waals surface area (Å²) in [5.74, 6) is -0.976. The lowest BCUT2D eigenvalue weighted by atomic mass is 10.3. The van der Waals surface area contributed by atoms with Gasteiger partial charge in [0.25, 0.3) is 5.91 Å². The Morgan fingerprint density at radius 2 is 1.95 bits per heavy atom. The number of carbonyl (C=O) groups is 2. The summed E-state index contributed by atoms with van der Waals surface area (Å²) in [7, 11) is 0. The van der Waals surface area contributed by atoms with E-state index in [-0.39, 0.29) is 6.54 Å². The molecule has 0 atom stereocenters. The Labute approximate surface area is 126 Å². The number of hydrogen-bond donors (Lipinski definition) is 0. The van der Waals surface area contributed by atoms with E-state index in [1.807, 2.05) is 12.1 Å². The second-order valence-electron chi connectivity index (χ2n) is 4.03. The second-order valence-corrected chi connectivity index (χ2v) is 4.97. The van der Waals surface area contributed by atoms with E-state index in [1.54, 1.807) is 41.8 Å². The van der Waals surface area contributed by atoms with Gasteiger partial charge in [-0.15, -0.1) is 11.3 Å². The Balaban J connectivity index is 2.00. The van der Waals surface area contributed by atoms with Gasteiger partial charge in [-0.2, -0.15) is 5.26 Å². The quantitative estimate of drug-likeness (QED) is 0.628. The lowest BCUT2D eigenvalue weighted by Gasteiger charge is -2.19. The number of ether oxygens (including phenoxy) is 1. The number of rotatable bonds is 5. The maximum absolute atomic E-state index is 12.1. The molecule has 0 N–H and O–H groups in total. The van der Waals surface area contributed by atoms with Gasteiger partial charge in [0, 0.05) is 5.69 Å². The van der Waals surface area contributed by atoms with Crippen molar-refractivity contribution in [3.05, 3.63) is 52.7 Å². The molecule has 6 heteroatoms. The van der Waals surface area contributed by atoms with Crippen LogP contribution in [0.25, 0.3) is 0 Å². The topological polar surface area (TPSA) is 70.4 Å². The predicted molar refractivity (Wildman–Crippen MR) is 79.0 cm³/mol. The molecule has 0 bridgehead atoms. The third-order valence-electron chi connectivity index (χ3n) is 2.65. The summed E-state index contributed by atoms with van der Waals surface area (Å²) in [6.45, 7) is -0.493. The number of hydrogen-bond acceptors (Lipinski definition) is 5. The van der Waals surface area contributed by atoms with E-state index in [0.717, 1.165) is 0 Å². The number of nitrogens with zero attached hydrogens (tertiary/aromatic N) is 2. The van der Waals surface area contributed by atoms with Gasteiger partial charge in [0.2, 0.25) is 0 Å². The number of benzene rings is 1. The normalized spacial score (nSPS) is 9.67. The van der Waals surface area contributed by atoms with Crippen molar-refractivity contribution < 1.29 is 14.3 Å². The summed E-state index contributed by atoms with van der Waals surface area (Å²) in [5, 5.41) is 10.6. The molecule has 0 aliphatic heterocycles. The van der Waals surface area contributed by atoms with Gasteiger partial charge in [-0.05, 0) is 23.6 Å². The molecule has 0 saturated carbocycles. The van der Waals surface area contributed by atoms with Gasteiger partial charge >= 0.3 is 5.97 Å². The number of para-hydroxylation sites is 1. The van der Waals surface area contributed by atoms with E-state index in [4.69, 9.17) is 10.00 Å². The minimum atomic E-state index is -0.539. The summed E-state index contributed by atoms with van der Waals surface area (Å²) in [4.78, 5) is 25.5. The molecule has 1 aromatic heterocycles. The average molecular weight is 300 g/mol. The summed E-state index contributed by atoms with van der Waals surface area (Å²) >= 11 is 1.25. The van der Waals surface area contributed by atoms with Gasteiger partial charge in [-0.1, -0.05) is 24.3 Å². The van der Waals surface area contributed by atoms with Gasteiger partial charge in [0.1, 0.15) is 11.4 Å². The first-order valence-corrected chi connectivity index (χ1v) is 7.03. The van der Waals surface area contributed by atoms with Crippen LogP contribution in [-0.4, -0.2) is 25.0 Å². The van der Waals surface area contributed by atoms with Crippen LogP contribution in [0.4, 0.5) is 5.69 Å². The lowest BCUT2D eigenvalue weighted by molar-refractivity contribution is -0.121. The second kappa shape index (κ2) is 7.22. The number of thiophene rings is 1. The van der Waals surface area contributed by atoms with E-state index < -0.39 is 18.5 Å². The predicted octanol–water partition coefficient (Wildman–Crippen LogP) is 2.46. The Bertz CT molecular complexity index is 647. The Kier molecular flexibility index (Phi) is 5.07. The first-order valence-electron chi connectivity index (χ1n) is 6.15. The zero-order valence-corrected chi connectivity index (χ0v) is 11.9. The van der Waals surface area contributed by atoms with Gasteiger partial charge in [-0.3, -0.25) is 9.69 Å². The Morgan fingerprint density at radius 1 is 1.19 bits per heavy atom. The van der Waals surface area contributed by atoms with E-state index in [9.17, 15) is 9.59 Å². The first-order chi connectivity index (χ1) is 10.2. The van der Waals surface area contributed by atoms with Crippen molar-refractivity contribution in [3.8, 4) is 6.07 Å². The van der Waals surface area contributed by atoms with E-state index >= 15 is 0 Å². The summed E-state index contributed by atoms with van der Waals surface area (Å²) in [6, 6.07) is 14.1. The zero-order chi connectivity index (χ0) is 15.1. The van der Waals surface area contributed by atoms with Crippen molar-refractivity contribution in [1.82, 2.24) is 0 Å². The van der Waals surface area contributed by atoms with Gasteiger partial charge in [0.05, 0.1) is 6.07 Å². The maximum Gasteiger partial charge on any atom is 0.348 e. The first kappa shape index (κ1) is 14.8. The van der Waals surface area contributed by atoms with Gasteiger partial charge < -0.3 is 4.74 Å². The number of carbonyl (C=O) groups excluding carboxylic acids is 2. The highest BCUT2D eigenvalue weighted by Crippen LogP contribution is 2.14. The molecule has 0 aliphatic carbocycles. The maximum atomic E-state index is 12.1. The third kappa shape index (κ3) is 3.91. The fourth-order valence-corrected chi connectivity index (χ4v) is 2.29. The fourth-order valence-electron chi connectivity index (χ4n) is 1.67. The van der Waals surface area contributed by atoms with E-state index in [1.165, 1.54) is 16.2 Å². The zero-order valence-electron chi connectivity index (χ0n) is 11.1. The highest BCUT2D eigenvalue weighted by molar-refractivity contribution is 7.11. The van der Waals surface area contributed by atoms with Crippen LogP contribution in [0.15, 0.2) is 47.8 Å². The van der Waals surface area contributed by atoms with Gasteiger partial charge in [0.15, 0.2) is 6.61 Å². The van der Waals surface area contributed by atoms with E-state index in [0.29, 0.717) is 10.6 Å². The van der Waals surface area contributed by atoms with Crippen molar-refractivity contribution in [3.63, 3.8) is 0 Å². The minimum absolute atomic E-state index is 0.0978. The van der Waals surface area contributed by atoms with Crippen LogP contribution < -0.4 is 4.90 Å². The van der Waals surface area contributed by atoms with Crippen LogP contribution in [0.2, 0.25) is 0 Å². The molecule has 21 heavy (non-hydrogen) atoms. The molecule has 0 saturated heterocycles. The number of amides is 1. The molecule has 1 aromatic carbocycles. The molecule has 2 rings (SSSR count).